The van der Waals surface area contributed by atoms with Crippen molar-refractivity contribution in [2.75, 3.05) is 46.4 Å². The predicted octanol–water partition coefficient (Wildman–Crippen LogP) is 0.454. The van der Waals surface area contributed by atoms with E-state index in [0.29, 0.717) is 37.8 Å². The first-order chi connectivity index (χ1) is 13.6. The van der Waals surface area contributed by atoms with E-state index in [0.717, 1.165) is 38.8 Å². The van der Waals surface area contributed by atoms with Gasteiger partial charge in [-0.15, -0.1) is 0 Å². The maximum absolute atomic E-state index is 12.6. The molecule has 0 aliphatic carbocycles. The van der Waals surface area contributed by atoms with Crippen LogP contribution in [0.2, 0.25) is 0 Å². The normalized spacial score (nSPS) is 21.5. The lowest BCUT2D eigenvalue weighted by molar-refractivity contribution is -0.127. The van der Waals surface area contributed by atoms with Crippen LogP contribution in [0.3, 0.4) is 0 Å². The number of methoxy groups -OCH3 is 1. The average Bonchev–Trinajstić information content (AvgIpc) is 2.74. The zero-order valence-corrected chi connectivity index (χ0v) is 16.5. The number of pyridine rings is 1. The van der Waals surface area contributed by atoms with Gasteiger partial charge in [0.05, 0.1) is 18.1 Å². The Morgan fingerprint density at radius 2 is 2.00 bits per heavy atom. The van der Waals surface area contributed by atoms with Gasteiger partial charge >= 0.3 is 0 Å². The predicted molar refractivity (Wildman–Crippen MR) is 105 cm³/mol. The van der Waals surface area contributed by atoms with Gasteiger partial charge in [0.25, 0.3) is 5.91 Å². The van der Waals surface area contributed by atoms with Crippen molar-refractivity contribution in [2.45, 2.75) is 31.7 Å². The van der Waals surface area contributed by atoms with Crippen molar-refractivity contribution in [1.29, 1.82) is 0 Å². The summed E-state index contributed by atoms with van der Waals surface area (Å²) < 4.78 is 4.99. The van der Waals surface area contributed by atoms with Crippen LogP contribution in [0.25, 0.3) is 0 Å². The first kappa shape index (κ1) is 20.5. The van der Waals surface area contributed by atoms with Crippen LogP contribution in [0.1, 0.15) is 36.0 Å². The number of rotatable bonds is 6. The minimum absolute atomic E-state index is 0.0337. The Morgan fingerprint density at radius 3 is 2.68 bits per heavy atom. The highest BCUT2D eigenvalue weighted by molar-refractivity contribution is 5.93. The zero-order valence-electron chi connectivity index (χ0n) is 16.5. The Balaban J connectivity index is 1.48. The Morgan fingerprint density at radius 1 is 1.21 bits per heavy atom. The van der Waals surface area contributed by atoms with Gasteiger partial charge in [0.2, 0.25) is 11.5 Å². The van der Waals surface area contributed by atoms with E-state index in [1.54, 1.807) is 13.2 Å². The highest BCUT2D eigenvalue weighted by atomic mass is 16.5. The molecule has 0 radical (unpaired) electrons. The first-order valence-corrected chi connectivity index (χ1v) is 10.1. The molecule has 1 aromatic heterocycles. The maximum Gasteiger partial charge on any atom is 0.255 e. The number of hydrogen-bond acceptors (Lipinski definition) is 5. The van der Waals surface area contributed by atoms with E-state index in [9.17, 15) is 14.4 Å². The van der Waals surface area contributed by atoms with Gasteiger partial charge in [-0.3, -0.25) is 19.3 Å². The van der Waals surface area contributed by atoms with E-state index >= 15 is 0 Å². The summed E-state index contributed by atoms with van der Waals surface area (Å²) in [4.78, 5) is 42.9. The zero-order chi connectivity index (χ0) is 19.9. The lowest BCUT2D eigenvalue weighted by Crippen LogP contribution is -2.51. The Bertz CT molecular complexity index is 707. The van der Waals surface area contributed by atoms with Crippen LogP contribution in [-0.2, 0) is 9.53 Å². The summed E-state index contributed by atoms with van der Waals surface area (Å²) in [6.07, 6.45) is 5.26. The summed E-state index contributed by atoms with van der Waals surface area (Å²) in [5, 5.41) is 2.95. The molecule has 1 atom stereocenters. The molecule has 2 amide bonds. The van der Waals surface area contributed by atoms with Crippen molar-refractivity contribution >= 4 is 11.8 Å². The number of H-pyrrole nitrogens is 1. The van der Waals surface area contributed by atoms with Crippen LogP contribution in [0.5, 0.6) is 0 Å². The highest BCUT2D eigenvalue weighted by Gasteiger charge is 2.32. The number of amides is 2. The second-order valence-electron chi connectivity index (χ2n) is 7.58. The topological polar surface area (TPSA) is 94.7 Å². The van der Waals surface area contributed by atoms with Crippen LogP contribution in [0.15, 0.2) is 23.1 Å². The number of hydrogen-bond donors (Lipinski definition) is 2. The Labute approximate surface area is 165 Å². The van der Waals surface area contributed by atoms with E-state index in [1.807, 2.05) is 4.90 Å². The molecular formula is C20H30N4O4. The van der Waals surface area contributed by atoms with Gasteiger partial charge in [-0.25, -0.2) is 0 Å². The number of piperidine rings is 2. The van der Waals surface area contributed by atoms with Gasteiger partial charge in [-0.1, -0.05) is 0 Å². The number of aromatic amines is 1. The molecule has 0 aromatic carbocycles. The number of nitrogens with zero attached hydrogens (tertiary/aromatic N) is 2. The molecule has 2 saturated heterocycles. The SMILES string of the molecule is COCCNC(=O)[C@H]1CCCN(C2CCN(C(=O)c3ccc(=O)[nH]c3)CC2)C1. The van der Waals surface area contributed by atoms with Gasteiger partial charge in [-0.05, 0) is 38.3 Å². The van der Waals surface area contributed by atoms with Crippen molar-refractivity contribution in [3.05, 3.63) is 34.2 Å². The molecule has 0 unspecified atom stereocenters. The van der Waals surface area contributed by atoms with Crippen LogP contribution >= 0.6 is 0 Å². The van der Waals surface area contributed by atoms with Crippen LogP contribution in [-0.4, -0.2) is 79.1 Å². The van der Waals surface area contributed by atoms with Gasteiger partial charge in [0.15, 0.2) is 0 Å². The molecule has 28 heavy (non-hydrogen) atoms. The van der Waals surface area contributed by atoms with E-state index in [2.05, 4.69) is 15.2 Å². The van der Waals surface area contributed by atoms with Crippen LogP contribution in [0.4, 0.5) is 0 Å². The largest absolute Gasteiger partial charge is 0.383 e. The summed E-state index contributed by atoms with van der Waals surface area (Å²) in [6, 6.07) is 3.37. The number of aromatic nitrogens is 1. The number of carbonyl (C=O) groups is 2. The highest BCUT2D eigenvalue weighted by Crippen LogP contribution is 2.24. The molecule has 2 aliphatic heterocycles. The first-order valence-electron chi connectivity index (χ1n) is 10.1. The van der Waals surface area contributed by atoms with E-state index < -0.39 is 0 Å². The smallest absolute Gasteiger partial charge is 0.255 e. The molecule has 2 fully saturated rings. The summed E-state index contributed by atoms with van der Waals surface area (Å²) in [7, 11) is 1.63. The second kappa shape index (κ2) is 9.84. The van der Waals surface area contributed by atoms with E-state index in [1.165, 1.54) is 12.3 Å². The second-order valence-corrected chi connectivity index (χ2v) is 7.58. The van der Waals surface area contributed by atoms with Crippen molar-refractivity contribution in [3.63, 3.8) is 0 Å². The fraction of sp³-hybridized carbons (Fsp3) is 0.650. The third-order valence-corrected chi connectivity index (χ3v) is 5.73. The molecule has 3 heterocycles. The lowest BCUT2D eigenvalue weighted by atomic mass is 9.93. The number of ether oxygens (including phenoxy) is 1. The fourth-order valence-electron chi connectivity index (χ4n) is 4.13. The molecule has 154 valence electrons. The summed E-state index contributed by atoms with van der Waals surface area (Å²) in [6.45, 7) is 4.28. The number of carbonyl (C=O) groups excluding carboxylic acids is 2. The summed E-state index contributed by atoms with van der Waals surface area (Å²) >= 11 is 0. The molecule has 2 N–H and O–H groups in total. The minimum atomic E-state index is -0.207. The van der Waals surface area contributed by atoms with Crippen LogP contribution < -0.4 is 10.9 Å². The third kappa shape index (κ3) is 5.20. The van der Waals surface area contributed by atoms with Gasteiger partial charge in [-0.2, -0.15) is 0 Å². The van der Waals surface area contributed by atoms with Crippen molar-refractivity contribution < 1.29 is 14.3 Å². The molecule has 0 saturated carbocycles. The number of likely N-dealkylation sites (tertiary alicyclic amines) is 2. The molecule has 0 spiro atoms. The lowest BCUT2D eigenvalue weighted by Gasteiger charge is -2.42. The van der Waals surface area contributed by atoms with Crippen molar-refractivity contribution in [3.8, 4) is 0 Å². The Kier molecular flexibility index (Phi) is 7.22. The molecular weight excluding hydrogens is 360 g/mol. The fourth-order valence-corrected chi connectivity index (χ4v) is 4.13. The molecule has 3 rings (SSSR count). The standard InChI is InChI=1S/C20H30N4O4/c1-28-12-8-21-19(26)16-3-2-9-24(14-16)17-6-10-23(11-7-17)20(27)15-4-5-18(25)22-13-15/h4-5,13,16-17H,2-3,6-12,14H2,1H3,(H,21,26)(H,22,25)/t16-/m0/s1. The third-order valence-electron chi connectivity index (χ3n) is 5.73. The van der Waals surface area contributed by atoms with Crippen LogP contribution in [0, 0.1) is 5.92 Å². The van der Waals surface area contributed by atoms with E-state index in [-0.39, 0.29) is 23.3 Å². The van der Waals surface area contributed by atoms with Gasteiger partial charge in [0.1, 0.15) is 0 Å². The van der Waals surface area contributed by atoms with Gasteiger partial charge < -0.3 is 19.9 Å². The quantitative estimate of drug-likeness (QED) is 0.688. The van der Waals surface area contributed by atoms with Crippen molar-refractivity contribution in [1.82, 2.24) is 20.1 Å². The maximum atomic E-state index is 12.6. The summed E-state index contributed by atoms with van der Waals surface area (Å²) in [5.74, 6) is 0.114. The van der Waals surface area contributed by atoms with Crippen molar-refractivity contribution in [2.24, 2.45) is 5.92 Å². The molecule has 8 heteroatoms. The monoisotopic (exact) mass is 390 g/mol. The molecule has 2 aliphatic rings. The average molecular weight is 390 g/mol. The summed E-state index contributed by atoms with van der Waals surface area (Å²) in [5.41, 5.74) is 0.310. The molecule has 1 aromatic rings. The Hall–Kier alpha value is -2.19. The molecule has 0 bridgehead atoms. The minimum Gasteiger partial charge on any atom is -0.383 e. The molecule has 8 nitrogen and oxygen atoms in total. The number of nitrogens with one attached hydrogen (secondary N) is 2. The van der Waals surface area contributed by atoms with E-state index in [4.69, 9.17) is 4.74 Å². The van der Waals surface area contributed by atoms with Gasteiger partial charge in [0, 0.05) is 51.6 Å².